The van der Waals surface area contributed by atoms with Crippen molar-refractivity contribution in [2.75, 3.05) is 13.2 Å². The van der Waals surface area contributed by atoms with Crippen LogP contribution < -0.4 is 15.6 Å². The normalized spacial score (nSPS) is 11.6. The number of aryl methyl sites for hydroxylation is 1. The van der Waals surface area contributed by atoms with E-state index in [2.05, 4.69) is 15.4 Å². The number of amides is 1. The van der Waals surface area contributed by atoms with Crippen LogP contribution in [0.25, 0.3) is 11.3 Å². The second-order valence-electron chi connectivity index (χ2n) is 6.37. The third-order valence-corrected chi connectivity index (χ3v) is 4.22. The Morgan fingerprint density at radius 3 is 2.68 bits per heavy atom. The number of hydrogen-bond donors (Lipinski definition) is 1. The second kappa shape index (κ2) is 8.94. The molecule has 144 valence electrons. The molecule has 0 aliphatic carbocycles. The van der Waals surface area contributed by atoms with Gasteiger partial charge in [0.25, 0.3) is 5.56 Å². The van der Waals surface area contributed by atoms with Crippen LogP contribution in [0.5, 0.6) is 5.75 Å². The van der Waals surface area contributed by atoms with Crippen molar-refractivity contribution >= 4 is 5.91 Å². The number of nitrogens with zero attached hydrogens (tertiary/aromatic N) is 3. The Kier molecular flexibility index (Phi) is 6.16. The maximum Gasteiger partial charge on any atom is 0.267 e. The van der Waals surface area contributed by atoms with Crippen molar-refractivity contribution in [2.45, 2.75) is 19.9 Å². The third-order valence-electron chi connectivity index (χ3n) is 4.22. The van der Waals surface area contributed by atoms with E-state index in [-0.39, 0.29) is 11.5 Å². The molecule has 2 aromatic heterocycles. The molecule has 0 bridgehead atoms. The second-order valence-corrected chi connectivity index (χ2v) is 6.37. The van der Waals surface area contributed by atoms with Crippen LogP contribution in [-0.4, -0.2) is 33.8 Å². The molecule has 7 nitrogen and oxygen atoms in total. The lowest BCUT2D eigenvalue weighted by Crippen LogP contribution is -2.38. The number of pyridine rings is 1. The molecule has 3 rings (SSSR count). The molecule has 0 aliphatic heterocycles. The van der Waals surface area contributed by atoms with Crippen LogP contribution in [0.4, 0.5) is 0 Å². The Morgan fingerprint density at radius 1 is 1.18 bits per heavy atom. The van der Waals surface area contributed by atoms with Crippen LogP contribution in [-0.2, 0) is 4.79 Å². The molecule has 0 fully saturated rings. The molecule has 1 amide bonds. The van der Waals surface area contributed by atoms with Gasteiger partial charge in [0.1, 0.15) is 18.4 Å². The smallest absolute Gasteiger partial charge is 0.267 e. The largest absolute Gasteiger partial charge is 0.492 e. The predicted molar refractivity (Wildman–Crippen MR) is 106 cm³/mol. The van der Waals surface area contributed by atoms with Crippen molar-refractivity contribution in [3.05, 3.63) is 76.8 Å². The molecule has 1 aromatic carbocycles. The maximum atomic E-state index is 12.4. The van der Waals surface area contributed by atoms with E-state index in [4.69, 9.17) is 4.74 Å². The number of benzene rings is 1. The van der Waals surface area contributed by atoms with Gasteiger partial charge in [-0.1, -0.05) is 17.7 Å². The maximum absolute atomic E-state index is 12.4. The molecule has 0 saturated carbocycles. The molecule has 1 unspecified atom stereocenters. The fourth-order valence-electron chi connectivity index (χ4n) is 2.61. The summed E-state index contributed by atoms with van der Waals surface area (Å²) >= 11 is 0. The molecule has 0 spiro atoms. The number of rotatable bonds is 7. The van der Waals surface area contributed by atoms with E-state index in [1.54, 1.807) is 31.5 Å². The highest BCUT2D eigenvalue weighted by Crippen LogP contribution is 2.14. The molecule has 1 N–H and O–H groups in total. The van der Waals surface area contributed by atoms with Crippen LogP contribution in [0.15, 0.2) is 65.7 Å². The molecule has 28 heavy (non-hydrogen) atoms. The van der Waals surface area contributed by atoms with Crippen molar-refractivity contribution in [1.29, 1.82) is 0 Å². The molecule has 2 heterocycles. The van der Waals surface area contributed by atoms with E-state index >= 15 is 0 Å². The van der Waals surface area contributed by atoms with E-state index in [9.17, 15) is 9.59 Å². The average molecular weight is 378 g/mol. The predicted octanol–water partition coefficient (Wildman–Crippen LogP) is 2.37. The van der Waals surface area contributed by atoms with E-state index in [0.717, 1.165) is 16.9 Å². The summed E-state index contributed by atoms with van der Waals surface area (Å²) in [5, 5.41) is 7.09. The minimum atomic E-state index is -0.747. The van der Waals surface area contributed by atoms with Gasteiger partial charge in [0.05, 0.1) is 12.2 Å². The van der Waals surface area contributed by atoms with Gasteiger partial charge in [-0.2, -0.15) is 5.10 Å². The van der Waals surface area contributed by atoms with Gasteiger partial charge in [-0.25, -0.2) is 4.68 Å². The van der Waals surface area contributed by atoms with Crippen LogP contribution in [0.2, 0.25) is 0 Å². The van der Waals surface area contributed by atoms with E-state index < -0.39 is 6.04 Å². The van der Waals surface area contributed by atoms with Crippen LogP contribution >= 0.6 is 0 Å². The first-order valence-electron chi connectivity index (χ1n) is 9.02. The van der Waals surface area contributed by atoms with Gasteiger partial charge < -0.3 is 10.1 Å². The first-order chi connectivity index (χ1) is 13.5. The third kappa shape index (κ3) is 4.82. The number of nitrogens with one attached hydrogen (secondary N) is 1. The lowest BCUT2D eigenvalue weighted by atomic mass is 10.2. The fraction of sp³-hybridized carbons (Fsp3) is 0.238. The lowest BCUT2D eigenvalue weighted by Gasteiger charge is -2.15. The molecular weight excluding hydrogens is 356 g/mol. The van der Waals surface area contributed by atoms with Gasteiger partial charge in [0, 0.05) is 24.0 Å². The number of ether oxygens (including phenoxy) is 1. The van der Waals surface area contributed by atoms with Gasteiger partial charge in [0.15, 0.2) is 0 Å². The Morgan fingerprint density at radius 2 is 1.96 bits per heavy atom. The first-order valence-corrected chi connectivity index (χ1v) is 9.02. The van der Waals surface area contributed by atoms with E-state index in [1.165, 1.54) is 10.7 Å². The Labute approximate surface area is 163 Å². The van der Waals surface area contributed by atoms with Crippen LogP contribution in [0.1, 0.15) is 18.5 Å². The summed E-state index contributed by atoms with van der Waals surface area (Å²) in [5.74, 6) is 0.445. The summed E-state index contributed by atoms with van der Waals surface area (Å²) in [6.07, 6.45) is 3.32. The zero-order valence-electron chi connectivity index (χ0n) is 15.8. The van der Waals surface area contributed by atoms with Crippen molar-refractivity contribution in [2.24, 2.45) is 0 Å². The van der Waals surface area contributed by atoms with Crippen LogP contribution in [0.3, 0.4) is 0 Å². The first kappa shape index (κ1) is 19.3. The molecule has 1 atom stereocenters. The molecule has 0 radical (unpaired) electrons. The fourth-order valence-corrected chi connectivity index (χ4v) is 2.61. The summed E-state index contributed by atoms with van der Waals surface area (Å²) in [4.78, 5) is 28.6. The molecule has 3 aromatic rings. The minimum Gasteiger partial charge on any atom is -0.492 e. The highest BCUT2D eigenvalue weighted by Gasteiger charge is 2.17. The number of carbonyl (C=O) groups excluding carboxylic acids is 1. The Bertz CT molecular complexity index is 985. The van der Waals surface area contributed by atoms with Gasteiger partial charge in [0.2, 0.25) is 5.91 Å². The van der Waals surface area contributed by atoms with Gasteiger partial charge >= 0.3 is 0 Å². The number of aromatic nitrogens is 3. The SMILES string of the molecule is Cc1ccc(OCCNC(=O)C(C)n2nc(-c3cccnc3)ccc2=O)cc1. The van der Waals surface area contributed by atoms with E-state index in [1.807, 2.05) is 37.3 Å². The molecular formula is C21H22N4O3. The van der Waals surface area contributed by atoms with Crippen molar-refractivity contribution < 1.29 is 9.53 Å². The van der Waals surface area contributed by atoms with E-state index in [0.29, 0.717) is 18.8 Å². The van der Waals surface area contributed by atoms with Crippen molar-refractivity contribution in [3.63, 3.8) is 0 Å². The Balaban J connectivity index is 1.59. The monoisotopic (exact) mass is 378 g/mol. The van der Waals surface area contributed by atoms with Gasteiger partial charge in [-0.05, 0) is 44.2 Å². The highest BCUT2D eigenvalue weighted by atomic mass is 16.5. The average Bonchev–Trinajstić information content (AvgIpc) is 2.73. The minimum absolute atomic E-state index is 0.301. The summed E-state index contributed by atoms with van der Waals surface area (Å²) in [5.41, 5.74) is 2.16. The molecule has 7 heteroatoms. The zero-order valence-corrected chi connectivity index (χ0v) is 15.8. The number of hydrogen-bond acceptors (Lipinski definition) is 5. The topological polar surface area (TPSA) is 86.1 Å². The van der Waals surface area contributed by atoms with Gasteiger partial charge in [-0.15, -0.1) is 0 Å². The molecule has 0 saturated heterocycles. The van der Waals surface area contributed by atoms with Crippen LogP contribution in [0, 0.1) is 6.92 Å². The van der Waals surface area contributed by atoms with Crippen molar-refractivity contribution in [1.82, 2.24) is 20.1 Å². The summed E-state index contributed by atoms with van der Waals surface area (Å²) < 4.78 is 6.77. The summed E-state index contributed by atoms with van der Waals surface area (Å²) in [7, 11) is 0. The highest BCUT2D eigenvalue weighted by molar-refractivity contribution is 5.79. The zero-order chi connectivity index (χ0) is 19.9. The summed E-state index contributed by atoms with van der Waals surface area (Å²) in [6.45, 7) is 4.30. The lowest BCUT2D eigenvalue weighted by molar-refractivity contribution is -0.124. The molecule has 0 aliphatic rings. The standard InChI is InChI=1S/C21H22N4O3/c1-15-5-7-18(8-6-15)28-13-12-23-21(27)16(2)25-20(26)10-9-19(24-25)17-4-3-11-22-14-17/h3-11,14,16H,12-13H2,1-2H3,(H,23,27). The van der Waals surface area contributed by atoms with Crippen molar-refractivity contribution in [3.8, 4) is 17.0 Å². The Hall–Kier alpha value is -3.48. The number of carbonyl (C=O) groups is 1. The quantitative estimate of drug-likeness (QED) is 0.638. The van der Waals surface area contributed by atoms with Gasteiger partial charge in [-0.3, -0.25) is 14.6 Å². The summed E-state index contributed by atoms with van der Waals surface area (Å²) in [6, 6.07) is 13.6.